The predicted molar refractivity (Wildman–Crippen MR) is 57.3 cm³/mol. The second-order valence-electron chi connectivity index (χ2n) is 4.72. The van der Waals surface area contributed by atoms with Crippen LogP contribution in [0.25, 0.3) is 0 Å². The van der Waals surface area contributed by atoms with Crippen molar-refractivity contribution in [1.82, 2.24) is 4.98 Å². The van der Waals surface area contributed by atoms with Crippen molar-refractivity contribution in [2.24, 2.45) is 0 Å². The SMILES string of the molecule is CN(C)c1oc(C[N+](C)(C)C)nc1C#N.[I-]. The van der Waals surface area contributed by atoms with E-state index in [2.05, 4.69) is 4.98 Å². The highest BCUT2D eigenvalue weighted by molar-refractivity contribution is 5.46. The van der Waals surface area contributed by atoms with E-state index in [1.165, 1.54) is 0 Å². The lowest BCUT2D eigenvalue weighted by Crippen LogP contribution is -3.00. The largest absolute Gasteiger partial charge is 1.00 e. The zero-order chi connectivity index (χ0) is 11.6. The lowest BCUT2D eigenvalue weighted by atomic mass is 10.4. The maximum Gasteiger partial charge on any atom is 0.253 e. The number of hydrogen-bond donors (Lipinski definition) is 0. The first-order valence-electron chi connectivity index (χ1n) is 4.71. The van der Waals surface area contributed by atoms with Gasteiger partial charge in [-0.3, -0.25) is 0 Å². The molecule has 5 nitrogen and oxygen atoms in total. The molecule has 1 rings (SSSR count). The number of halogens is 1. The van der Waals surface area contributed by atoms with Crippen LogP contribution in [-0.4, -0.2) is 44.7 Å². The Kier molecular flexibility index (Phi) is 5.22. The average molecular weight is 336 g/mol. The molecule has 0 aliphatic carbocycles. The third-order valence-electron chi connectivity index (χ3n) is 1.78. The van der Waals surface area contributed by atoms with Crippen LogP contribution in [0.15, 0.2) is 4.42 Å². The molecule has 0 spiro atoms. The van der Waals surface area contributed by atoms with Crippen molar-refractivity contribution in [3.05, 3.63) is 11.6 Å². The van der Waals surface area contributed by atoms with Gasteiger partial charge in [-0.05, 0) is 0 Å². The minimum Gasteiger partial charge on any atom is -1.00 e. The molecule has 0 atom stereocenters. The Morgan fingerprint density at radius 2 is 1.94 bits per heavy atom. The summed E-state index contributed by atoms with van der Waals surface area (Å²) in [5.41, 5.74) is 0.350. The van der Waals surface area contributed by atoms with Gasteiger partial charge in [0.1, 0.15) is 6.07 Å². The van der Waals surface area contributed by atoms with Crippen molar-refractivity contribution >= 4 is 5.88 Å². The van der Waals surface area contributed by atoms with Crippen molar-refractivity contribution in [1.29, 1.82) is 5.26 Å². The van der Waals surface area contributed by atoms with E-state index in [-0.39, 0.29) is 24.0 Å². The normalized spacial score (nSPS) is 10.5. The van der Waals surface area contributed by atoms with Crippen LogP contribution in [0.1, 0.15) is 11.6 Å². The Morgan fingerprint density at radius 3 is 2.25 bits per heavy atom. The van der Waals surface area contributed by atoms with Crippen molar-refractivity contribution in [3.8, 4) is 6.07 Å². The van der Waals surface area contributed by atoms with Gasteiger partial charge >= 0.3 is 0 Å². The van der Waals surface area contributed by atoms with Gasteiger partial charge in [0.25, 0.3) is 5.89 Å². The fourth-order valence-electron chi connectivity index (χ4n) is 1.20. The summed E-state index contributed by atoms with van der Waals surface area (Å²) in [6.07, 6.45) is 0. The van der Waals surface area contributed by atoms with Gasteiger partial charge < -0.3 is 37.8 Å². The van der Waals surface area contributed by atoms with E-state index in [0.717, 1.165) is 4.48 Å². The van der Waals surface area contributed by atoms with Crippen LogP contribution in [0.5, 0.6) is 0 Å². The molecular weight excluding hydrogens is 319 g/mol. The molecule has 0 aromatic carbocycles. The molecule has 16 heavy (non-hydrogen) atoms. The Bertz CT molecular complexity index is 387. The number of nitrogens with zero attached hydrogens (tertiary/aromatic N) is 4. The fraction of sp³-hybridized carbons (Fsp3) is 0.600. The van der Waals surface area contributed by atoms with Crippen molar-refractivity contribution in [2.45, 2.75) is 6.54 Å². The maximum atomic E-state index is 8.87. The van der Waals surface area contributed by atoms with Crippen LogP contribution in [0, 0.1) is 11.3 Å². The van der Waals surface area contributed by atoms with Gasteiger partial charge in [-0.1, -0.05) is 0 Å². The number of anilines is 1. The van der Waals surface area contributed by atoms with Gasteiger partial charge in [-0.2, -0.15) is 10.2 Å². The number of quaternary nitrogens is 1. The first-order chi connectivity index (χ1) is 6.83. The molecular formula is C10H17IN4O. The van der Waals surface area contributed by atoms with E-state index in [9.17, 15) is 0 Å². The van der Waals surface area contributed by atoms with E-state index in [4.69, 9.17) is 9.68 Å². The second kappa shape index (κ2) is 5.50. The zero-order valence-electron chi connectivity index (χ0n) is 10.3. The summed E-state index contributed by atoms with van der Waals surface area (Å²) in [5, 5.41) is 8.87. The molecule has 1 heterocycles. The molecule has 0 aliphatic rings. The van der Waals surface area contributed by atoms with E-state index < -0.39 is 0 Å². The van der Waals surface area contributed by atoms with Crippen molar-refractivity contribution in [2.75, 3.05) is 40.1 Å². The highest BCUT2D eigenvalue weighted by Crippen LogP contribution is 2.20. The topological polar surface area (TPSA) is 53.1 Å². The molecule has 1 aromatic rings. The molecule has 0 aliphatic heterocycles. The molecule has 0 radical (unpaired) electrons. The number of nitriles is 1. The highest BCUT2D eigenvalue weighted by atomic mass is 127. The molecule has 0 fully saturated rings. The quantitative estimate of drug-likeness (QED) is 0.465. The Labute approximate surface area is 113 Å². The number of rotatable bonds is 3. The van der Waals surface area contributed by atoms with E-state index in [0.29, 0.717) is 24.0 Å². The molecule has 90 valence electrons. The van der Waals surface area contributed by atoms with Crippen LogP contribution < -0.4 is 28.9 Å². The number of oxazole rings is 1. The molecule has 1 aromatic heterocycles. The van der Waals surface area contributed by atoms with Crippen LogP contribution in [0.4, 0.5) is 5.88 Å². The maximum absolute atomic E-state index is 8.87. The Balaban J connectivity index is 0.00000225. The van der Waals surface area contributed by atoms with Crippen LogP contribution in [-0.2, 0) is 6.54 Å². The van der Waals surface area contributed by atoms with E-state index >= 15 is 0 Å². The number of aromatic nitrogens is 1. The van der Waals surface area contributed by atoms with Gasteiger partial charge in [0.2, 0.25) is 11.6 Å². The molecule has 0 unspecified atom stereocenters. The minimum absolute atomic E-state index is 0. The summed E-state index contributed by atoms with van der Waals surface area (Å²) in [5.74, 6) is 1.13. The monoisotopic (exact) mass is 336 g/mol. The highest BCUT2D eigenvalue weighted by Gasteiger charge is 2.19. The summed E-state index contributed by atoms with van der Waals surface area (Å²) < 4.78 is 6.24. The molecule has 6 heteroatoms. The molecule has 0 amide bonds. The van der Waals surface area contributed by atoms with Gasteiger partial charge in [0.05, 0.1) is 21.1 Å². The minimum atomic E-state index is 0. The van der Waals surface area contributed by atoms with Crippen LogP contribution in [0.3, 0.4) is 0 Å². The van der Waals surface area contributed by atoms with Crippen molar-refractivity contribution in [3.63, 3.8) is 0 Å². The van der Waals surface area contributed by atoms with Gasteiger partial charge in [-0.25, -0.2) is 0 Å². The zero-order valence-corrected chi connectivity index (χ0v) is 12.4. The fourth-order valence-corrected chi connectivity index (χ4v) is 1.20. The van der Waals surface area contributed by atoms with Crippen LogP contribution >= 0.6 is 0 Å². The molecule has 0 N–H and O–H groups in total. The van der Waals surface area contributed by atoms with Gasteiger partial charge in [0.15, 0.2) is 6.54 Å². The lowest BCUT2D eigenvalue weighted by molar-refractivity contribution is -0.885. The summed E-state index contributed by atoms with van der Waals surface area (Å²) in [6.45, 7) is 0.669. The third kappa shape index (κ3) is 3.98. The third-order valence-corrected chi connectivity index (χ3v) is 1.78. The molecule has 0 bridgehead atoms. The summed E-state index contributed by atoms with van der Waals surface area (Å²) in [7, 11) is 9.80. The first kappa shape index (κ1) is 15.2. The Morgan fingerprint density at radius 1 is 1.38 bits per heavy atom. The molecule has 0 saturated carbocycles. The number of hydrogen-bond acceptors (Lipinski definition) is 4. The van der Waals surface area contributed by atoms with Gasteiger partial charge in [-0.15, -0.1) is 0 Å². The van der Waals surface area contributed by atoms with E-state index in [1.807, 2.05) is 41.3 Å². The first-order valence-corrected chi connectivity index (χ1v) is 4.71. The van der Waals surface area contributed by atoms with Crippen molar-refractivity contribution < 1.29 is 32.9 Å². The average Bonchev–Trinajstić information content (AvgIpc) is 2.44. The molecule has 0 saturated heterocycles. The van der Waals surface area contributed by atoms with E-state index in [1.54, 1.807) is 4.90 Å². The van der Waals surface area contributed by atoms with Gasteiger partial charge in [0, 0.05) is 14.1 Å². The Hall–Kier alpha value is -0.810. The smallest absolute Gasteiger partial charge is 0.253 e. The summed E-state index contributed by atoms with van der Waals surface area (Å²) in [4.78, 5) is 5.90. The lowest BCUT2D eigenvalue weighted by Gasteiger charge is -2.21. The second-order valence-corrected chi connectivity index (χ2v) is 4.72. The van der Waals surface area contributed by atoms with Crippen LogP contribution in [0.2, 0.25) is 0 Å². The summed E-state index contributed by atoms with van der Waals surface area (Å²) >= 11 is 0. The predicted octanol–water partition coefficient (Wildman–Crippen LogP) is -2.18. The summed E-state index contributed by atoms with van der Waals surface area (Å²) in [6, 6.07) is 2.03. The standard InChI is InChI=1S/C10H17N4O.HI/c1-13(2)10-8(6-11)12-9(15-10)7-14(3,4)5;/h7H2,1-5H3;1H/q+1;/p-1.